The molecule has 0 bridgehead atoms. The summed E-state index contributed by atoms with van der Waals surface area (Å²) in [7, 11) is -1.85. The molecule has 0 amide bonds. The molecule has 1 N–H and O–H groups in total. The number of rotatable bonds is 10. The van der Waals surface area contributed by atoms with E-state index in [4.69, 9.17) is 0 Å². The zero-order valence-electron chi connectivity index (χ0n) is 31.6. The summed E-state index contributed by atoms with van der Waals surface area (Å²) >= 11 is 0. The molecular weight excluding hydrogens is 729 g/mol. The molecule has 10 nitrogen and oxygen atoms in total. The van der Waals surface area contributed by atoms with Crippen LogP contribution in [0, 0.1) is 0 Å². The lowest BCUT2D eigenvalue weighted by Crippen LogP contribution is -2.27. The van der Waals surface area contributed by atoms with E-state index in [9.17, 15) is 16.8 Å². The molecule has 12 heteroatoms. The molecule has 0 radical (unpaired) electrons. The van der Waals surface area contributed by atoms with Gasteiger partial charge in [-0.15, -0.1) is 13.2 Å². The van der Waals surface area contributed by atoms with Crippen molar-refractivity contribution >= 4 is 53.2 Å². The van der Waals surface area contributed by atoms with Crippen LogP contribution in [0.15, 0.2) is 132 Å². The molecule has 286 valence electrons. The molecule has 2 aromatic heterocycles. The normalized spacial score (nSPS) is 14.5. The fraction of sp³-hybridized carbons (Fsp3) is 0.256. The quantitative estimate of drug-likeness (QED) is 0.152. The monoisotopic (exact) mass is 776 g/mol. The Kier molecular flexibility index (Phi) is 10.8. The third kappa shape index (κ3) is 7.11. The van der Waals surface area contributed by atoms with E-state index < -0.39 is 20.0 Å². The fourth-order valence-corrected chi connectivity index (χ4v) is 10.2. The van der Waals surface area contributed by atoms with E-state index in [1.807, 2.05) is 60.7 Å². The highest BCUT2D eigenvalue weighted by molar-refractivity contribution is 7.93. The zero-order valence-corrected chi connectivity index (χ0v) is 33.3. The summed E-state index contributed by atoms with van der Waals surface area (Å²) in [5.74, 6) is 0. The second-order valence-electron chi connectivity index (χ2n) is 14.0. The van der Waals surface area contributed by atoms with E-state index in [0.29, 0.717) is 21.2 Å². The van der Waals surface area contributed by atoms with Gasteiger partial charge in [0.2, 0.25) is 0 Å². The lowest BCUT2D eigenvalue weighted by molar-refractivity contribution is 0.310. The maximum atomic E-state index is 13.0. The predicted octanol–water partition coefficient (Wildman–Crippen LogP) is 6.94. The number of allylic oxidation sites excluding steroid dienone is 2. The van der Waals surface area contributed by atoms with Crippen molar-refractivity contribution in [3.05, 3.63) is 145 Å². The van der Waals surface area contributed by atoms with Crippen LogP contribution in [0.1, 0.15) is 22.5 Å². The van der Waals surface area contributed by atoms with Gasteiger partial charge in [0.1, 0.15) is 0 Å². The summed E-state index contributed by atoms with van der Waals surface area (Å²) in [5, 5.41) is 5.65. The molecule has 0 saturated carbocycles. The Labute approximate surface area is 324 Å². The minimum atomic E-state index is -3.60. The van der Waals surface area contributed by atoms with Crippen molar-refractivity contribution in [1.29, 1.82) is 0 Å². The summed E-state index contributed by atoms with van der Waals surface area (Å²) in [4.78, 5) is 2.89. The number of anilines is 2. The standard InChI is InChI=1S/C22H25N3O2S.C21H23N3O2S/c1-4-13-25-21-11-10-17(15-19(21)20-16-23(2)14-12-22(20)25)24(3)28(26,27)18-8-6-5-7-9-18;1-3-13-24-20-10-9-16(14-18(20)19-15-22-12-11-21(19)24)23(2)27(25,26)17-7-5-4-6-8-17/h4-11,15H,1,12-14,16H2,2-3H3;3-10,14,22H,1,11-13,15H2,2H3. The van der Waals surface area contributed by atoms with E-state index >= 15 is 0 Å². The third-order valence-corrected chi connectivity index (χ3v) is 14.3. The van der Waals surface area contributed by atoms with Crippen molar-refractivity contribution in [2.24, 2.45) is 0 Å². The van der Waals surface area contributed by atoms with Crippen LogP contribution in [0.2, 0.25) is 0 Å². The van der Waals surface area contributed by atoms with Gasteiger partial charge in [-0.25, -0.2) is 16.8 Å². The fourth-order valence-electron chi connectivity index (χ4n) is 7.79. The molecule has 4 heterocycles. The van der Waals surface area contributed by atoms with Gasteiger partial charge in [-0.2, -0.15) is 0 Å². The van der Waals surface area contributed by atoms with Crippen molar-refractivity contribution in [1.82, 2.24) is 19.4 Å². The Morgan fingerprint density at radius 2 is 1.15 bits per heavy atom. The number of nitrogens with one attached hydrogen (secondary N) is 1. The van der Waals surface area contributed by atoms with Crippen molar-refractivity contribution in [3.63, 3.8) is 0 Å². The Morgan fingerprint density at radius 1 is 0.673 bits per heavy atom. The predicted molar refractivity (Wildman–Crippen MR) is 224 cm³/mol. The second kappa shape index (κ2) is 15.5. The summed E-state index contributed by atoms with van der Waals surface area (Å²) in [6.45, 7) is 12.9. The average molecular weight is 777 g/mol. The number of benzene rings is 4. The van der Waals surface area contributed by atoms with Crippen molar-refractivity contribution in [3.8, 4) is 0 Å². The number of aromatic nitrogens is 2. The number of hydrogen-bond acceptors (Lipinski definition) is 6. The Morgan fingerprint density at radius 3 is 1.64 bits per heavy atom. The van der Waals surface area contributed by atoms with E-state index in [0.717, 1.165) is 73.9 Å². The first-order valence-corrected chi connectivity index (χ1v) is 21.3. The van der Waals surface area contributed by atoms with Crippen LogP contribution in [0.5, 0.6) is 0 Å². The molecule has 2 aliphatic rings. The Hall–Kier alpha value is -5.14. The molecule has 0 fully saturated rings. The molecule has 2 aliphatic heterocycles. The molecular formula is C43H48N6O4S2. The molecule has 0 aliphatic carbocycles. The van der Waals surface area contributed by atoms with Gasteiger partial charge >= 0.3 is 0 Å². The van der Waals surface area contributed by atoms with Gasteiger partial charge in [0.15, 0.2) is 0 Å². The Bertz CT molecular complexity index is 2600. The van der Waals surface area contributed by atoms with E-state index in [1.165, 1.54) is 31.1 Å². The van der Waals surface area contributed by atoms with Gasteiger partial charge in [0, 0.05) is 99.4 Å². The van der Waals surface area contributed by atoms with E-state index in [1.54, 1.807) is 62.6 Å². The maximum Gasteiger partial charge on any atom is 0.264 e. The minimum Gasteiger partial charge on any atom is -0.340 e. The van der Waals surface area contributed by atoms with Crippen LogP contribution in [-0.2, 0) is 59.1 Å². The van der Waals surface area contributed by atoms with Crippen molar-refractivity contribution in [2.45, 2.75) is 48.8 Å². The van der Waals surface area contributed by atoms with Gasteiger partial charge in [0.25, 0.3) is 20.0 Å². The van der Waals surface area contributed by atoms with Crippen LogP contribution in [0.3, 0.4) is 0 Å². The summed E-state index contributed by atoms with van der Waals surface area (Å²) < 4.78 is 59.3. The Balaban J connectivity index is 0.000000169. The first kappa shape index (κ1) is 38.1. The van der Waals surface area contributed by atoms with Crippen molar-refractivity contribution in [2.75, 3.05) is 42.8 Å². The zero-order chi connectivity index (χ0) is 38.9. The molecule has 0 spiro atoms. The summed E-state index contributed by atoms with van der Waals surface area (Å²) in [6, 6.07) is 28.9. The number of likely N-dealkylation sites (N-methyl/N-ethyl adjacent to an activating group) is 1. The summed E-state index contributed by atoms with van der Waals surface area (Å²) in [6.07, 6.45) is 5.77. The highest BCUT2D eigenvalue weighted by Gasteiger charge is 2.26. The highest BCUT2D eigenvalue weighted by Crippen LogP contribution is 2.35. The van der Waals surface area contributed by atoms with Crippen LogP contribution in [-0.4, -0.2) is 65.1 Å². The number of nitrogens with zero attached hydrogens (tertiary/aromatic N) is 5. The topological polar surface area (TPSA) is 99.9 Å². The van der Waals surface area contributed by atoms with Gasteiger partial charge < -0.3 is 19.4 Å². The van der Waals surface area contributed by atoms with Crippen LogP contribution in [0.25, 0.3) is 21.8 Å². The average Bonchev–Trinajstić information content (AvgIpc) is 3.69. The van der Waals surface area contributed by atoms with Gasteiger partial charge in [-0.05, 0) is 78.8 Å². The molecule has 8 rings (SSSR count). The number of fused-ring (bicyclic) bond motifs is 6. The highest BCUT2D eigenvalue weighted by atomic mass is 32.2. The van der Waals surface area contributed by atoms with Crippen LogP contribution in [0.4, 0.5) is 11.4 Å². The largest absolute Gasteiger partial charge is 0.340 e. The lowest BCUT2D eigenvalue weighted by Gasteiger charge is -2.24. The van der Waals surface area contributed by atoms with Gasteiger partial charge in [-0.1, -0.05) is 48.6 Å². The van der Waals surface area contributed by atoms with Gasteiger partial charge in [0.05, 0.1) is 21.2 Å². The molecule has 0 saturated heterocycles. The van der Waals surface area contributed by atoms with E-state index in [2.05, 4.69) is 39.6 Å². The second-order valence-corrected chi connectivity index (χ2v) is 18.0. The minimum absolute atomic E-state index is 0.292. The molecule has 4 aromatic carbocycles. The number of sulfonamides is 2. The van der Waals surface area contributed by atoms with Crippen LogP contribution >= 0.6 is 0 Å². The molecule has 0 unspecified atom stereocenters. The smallest absolute Gasteiger partial charge is 0.264 e. The maximum absolute atomic E-state index is 13.0. The molecule has 0 atom stereocenters. The van der Waals surface area contributed by atoms with Crippen LogP contribution < -0.4 is 13.9 Å². The summed E-state index contributed by atoms with van der Waals surface area (Å²) in [5.41, 5.74) is 8.78. The molecule has 6 aromatic rings. The first-order valence-electron chi connectivity index (χ1n) is 18.4. The van der Waals surface area contributed by atoms with E-state index in [-0.39, 0.29) is 0 Å². The van der Waals surface area contributed by atoms with Crippen molar-refractivity contribution < 1.29 is 16.8 Å². The third-order valence-electron chi connectivity index (χ3n) is 10.7. The number of hydrogen-bond donors (Lipinski definition) is 1. The first-order chi connectivity index (χ1) is 26.5. The molecule has 55 heavy (non-hydrogen) atoms. The lowest BCUT2D eigenvalue weighted by atomic mass is 10.0. The SMILES string of the molecule is C=CCn1c2c(c3cc(N(C)S(=O)(=O)c4ccccc4)ccc31)CN(C)CC2.C=CCn1c2c(c3cc(N(C)S(=O)(=O)c4ccccc4)ccc31)CNCC2. The van der Waals surface area contributed by atoms with Gasteiger partial charge in [-0.3, -0.25) is 8.61 Å².